The van der Waals surface area contributed by atoms with Crippen molar-refractivity contribution in [3.05, 3.63) is 30.1 Å². The molecule has 0 unspecified atom stereocenters. The maximum Gasteiger partial charge on any atom is 0.193 e. The minimum atomic E-state index is 0.589. The summed E-state index contributed by atoms with van der Waals surface area (Å²) in [6, 6.07) is 8.23. The van der Waals surface area contributed by atoms with Crippen LogP contribution in [-0.2, 0) is 13.6 Å². The fourth-order valence-electron chi connectivity index (χ4n) is 1.31. The largest absolute Gasteiger partial charge is 0.378 e. The SMILES string of the molecule is CSc1cccc(NCc2nnn(C)n2)c1. The summed E-state index contributed by atoms with van der Waals surface area (Å²) in [5.41, 5.74) is 1.07. The van der Waals surface area contributed by atoms with Gasteiger partial charge in [0.05, 0.1) is 13.6 Å². The summed E-state index contributed by atoms with van der Waals surface area (Å²) < 4.78 is 0. The van der Waals surface area contributed by atoms with Gasteiger partial charge in [-0.1, -0.05) is 6.07 Å². The summed E-state index contributed by atoms with van der Waals surface area (Å²) in [7, 11) is 1.75. The van der Waals surface area contributed by atoms with Gasteiger partial charge in [-0.15, -0.1) is 22.0 Å². The van der Waals surface area contributed by atoms with E-state index in [1.807, 2.05) is 12.1 Å². The van der Waals surface area contributed by atoms with Crippen LogP contribution in [0.25, 0.3) is 0 Å². The maximum absolute atomic E-state index is 4.10. The minimum absolute atomic E-state index is 0.589. The first-order chi connectivity index (χ1) is 7.78. The first kappa shape index (κ1) is 10.9. The van der Waals surface area contributed by atoms with Crippen molar-refractivity contribution in [1.82, 2.24) is 20.2 Å². The fourth-order valence-corrected chi connectivity index (χ4v) is 1.77. The van der Waals surface area contributed by atoms with Gasteiger partial charge in [0.2, 0.25) is 0 Å². The van der Waals surface area contributed by atoms with Crippen LogP contribution in [0, 0.1) is 0 Å². The van der Waals surface area contributed by atoms with Crippen molar-refractivity contribution < 1.29 is 0 Å². The second kappa shape index (κ2) is 4.98. The van der Waals surface area contributed by atoms with Crippen LogP contribution in [0.3, 0.4) is 0 Å². The number of benzene rings is 1. The molecule has 2 aromatic rings. The number of hydrogen-bond acceptors (Lipinski definition) is 5. The van der Waals surface area contributed by atoms with Gasteiger partial charge < -0.3 is 5.32 Å². The van der Waals surface area contributed by atoms with Gasteiger partial charge in [0, 0.05) is 10.6 Å². The maximum atomic E-state index is 4.10. The minimum Gasteiger partial charge on any atom is -0.378 e. The molecule has 16 heavy (non-hydrogen) atoms. The lowest BCUT2D eigenvalue weighted by Gasteiger charge is -2.04. The van der Waals surface area contributed by atoms with Crippen molar-refractivity contribution in [2.45, 2.75) is 11.4 Å². The van der Waals surface area contributed by atoms with E-state index in [0.717, 1.165) is 5.69 Å². The molecule has 0 fully saturated rings. The molecule has 0 atom stereocenters. The summed E-state index contributed by atoms with van der Waals surface area (Å²) in [5, 5.41) is 15.0. The first-order valence-corrected chi connectivity index (χ1v) is 6.11. The zero-order chi connectivity index (χ0) is 11.4. The lowest BCUT2D eigenvalue weighted by atomic mass is 10.3. The van der Waals surface area contributed by atoms with Crippen LogP contribution in [-0.4, -0.2) is 26.5 Å². The van der Waals surface area contributed by atoms with E-state index in [9.17, 15) is 0 Å². The third-order valence-electron chi connectivity index (χ3n) is 2.07. The first-order valence-electron chi connectivity index (χ1n) is 4.89. The zero-order valence-electron chi connectivity index (χ0n) is 9.21. The Balaban J connectivity index is 1.99. The number of aryl methyl sites for hydroxylation is 1. The van der Waals surface area contributed by atoms with Gasteiger partial charge in [-0.05, 0) is 29.7 Å². The fraction of sp³-hybridized carbons (Fsp3) is 0.300. The molecule has 1 aromatic heterocycles. The number of nitrogens with one attached hydrogen (secondary N) is 1. The third-order valence-corrected chi connectivity index (χ3v) is 2.80. The monoisotopic (exact) mass is 235 g/mol. The quantitative estimate of drug-likeness (QED) is 0.815. The van der Waals surface area contributed by atoms with E-state index in [1.165, 1.54) is 9.69 Å². The summed E-state index contributed by atoms with van der Waals surface area (Å²) in [6.45, 7) is 0.589. The Kier molecular flexibility index (Phi) is 3.40. The number of nitrogens with zero attached hydrogens (tertiary/aromatic N) is 4. The van der Waals surface area contributed by atoms with Crippen molar-refractivity contribution >= 4 is 17.4 Å². The highest BCUT2D eigenvalue weighted by Gasteiger charge is 2.00. The molecule has 0 spiro atoms. The van der Waals surface area contributed by atoms with Crippen molar-refractivity contribution in [1.29, 1.82) is 0 Å². The van der Waals surface area contributed by atoms with E-state index in [-0.39, 0.29) is 0 Å². The smallest absolute Gasteiger partial charge is 0.193 e. The number of hydrogen-bond donors (Lipinski definition) is 1. The molecule has 0 aliphatic carbocycles. The predicted molar refractivity (Wildman–Crippen MR) is 64.3 cm³/mol. The molecular weight excluding hydrogens is 222 g/mol. The molecule has 0 aliphatic rings. The molecule has 0 amide bonds. The lowest BCUT2D eigenvalue weighted by Crippen LogP contribution is -2.02. The van der Waals surface area contributed by atoms with E-state index in [1.54, 1.807) is 18.8 Å². The van der Waals surface area contributed by atoms with Crippen molar-refractivity contribution in [3.63, 3.8) is 0 Å². The average Bonchev–Trinajstić information content (AvgIpc) is 2.73. The van der Waals surface area contributed by atoms with Crippen LogP contribution in [0.1, 0.15) is 5.82 Å². The zero-order valence-corrected chi connectivity index (χ0v) is 10.0. The van der Waals surface area contributed by atoms with Crippen molar-refractivity contribution in [3.8, 4) is 0 Å². The van der Waals surface area contributed by atoms with Gasteiger partial charge in [-0.2, -0.15) is 4.80 Å². The standard InChI is InChI=1S/C10H13N5S/c1-15-13-10(12-14-15)7-11-8-4-3-5-9(6-8)16-2/h3-6,11H,7H2,1-2H3. The Labute approximate surface area is 98.2 Å². The van der Waals surface area contributed by atoms with Crippen LogP contribution in [0.5, 0.6) is 0 Å². The van der Waals surface area contributed by atoms with Crippen LogP contribution in [0.2, 0.25) is 0 Å². The Morgan fingerprint density at radius 1 is 1.44 bits per heavy atom. The van der Waals surface area contributed by atoms with Gasteiger partial charge in [0.15, 0.2) is 5.82 Å². The van der Waals surface area contributed by atoms with Gasteiger partial charge in [-0.25, -0.2) is 0 Å². The predicted octanol–water partition coefficient (Wildman–Crippen LogP) is 1.54. The molecule has 5 nitrogen and oxygen atoms in total. The molecule has 1 aromatic carbocycles. The molecule has 84 valence electrons. The van der Waals surface area contributed by atoms with Crippen LogP contribution in [0.15, 0.2) is 29.2 Å². The highest BCUT2D eigenvalue weighted by molar-refractivity contribution is 7.98. The molecule has 0 radical (unpaired) electrons. The molecule has 6 heteroatoms. The van der Waals surface area contributed by atoms with Crippen molar-refractivity contribution in [2.75, 3.05) is 11.6 Å². The van der Waals surface area contributed by atoms with Crippen LogP contribution >= 0.6 is 11.8 Å². The second-order valence-electron chi connectivity index (χ2n) is 3.28. The van der Waals surface area contributed by atoms with Gasteiger partial charge in [0.1, 0.15) is 0 Å². The van der Waals surface area contributed by atoms with Crippen LogP contribution in [0.4, 0.5) is 5.69 Å². The van der Waals surface area contributed by atoms with E-state index in [0.29, 0.717) is 12.4 Å². The second-order valence-corrected chi connectivity index (χ2v) is 4.16. The van der Waals surface area contributed by atoms with Gasteiger partial charge in [0.25, 0.3) is 0 Å². The van der Waals surface area contributed by atoms with E-state index in [2.05, 4.69) is 39.1 Å². The van der Waals surface area contributed by atoms with Crippen molar-refractivity contribution in [2.24, 2.45) is 7.05 Å². The Hall–Kier alpha value is -1.56. The lowest BCUT2D eigenvalue weighted by molar-refractivity contribution is 0.628. The Bertz CT molecular complexity index is 468. The molecule has 0 bridgehead atoms. The molecule has 0 aliphatic heterocycles. The molecular formula is C10H13N5S. The number of tetrazole rings is 1. The van der Waals surface area contributed by atoms with Crippen LogP contribution < -0.4 is 5.32 Å². The normalized spacial score (nSPS) is 10.4. The van der Waals surface area contributed by atoms with E-state index >= 15 is 0 Å². The van der Waals surface area contributed by atoms with Gasteiger partial charge >= 0.3 is 0 Å². The summed E-state index contributed by atoms with van der Waals surface area (Å²) in [6.07, 6.45) is 2.06. The Morgan fingerprint density at radius 3 is 3.00 bits per heavy atom. The van der Waals surface area contributed by atoms with E-state index < -0.39 is 0 Å². The topological polar surface area (TPSA) is 55.6 Å². The number of rotatable bonds is 4. The molecule has 1 heterocycles. The molecule has 1 N–H and O–H groups in total. The highest BCUT2D eigenvalue weighted by Crippen LogP contribution is 2.18. The average molecular weight is 235 g/mol. The van der Waals surface area contributed by atoms with E-state index in [4.69, 9.17) is 0 Å². The Morgan fingerprint density at radius 2 is 2.31 bits per heavy atom. The molecule has 2 rings (SSSR count). The summed E-state index contributed by atoms with van der Waals surface area (Å²) in [5.74, 6) is 0.692. The number of anilines is 1. The number of aromatic nitrogens is 4. The summed E-state index contributed by atoms with van der Waals surface area (Å²) in [4.78, 5) is 2.69. The number of thioether (sulfide) groups is 1. The van der Waals surface area contributed by atoms with Gasteiger partial charge in [-0.3, -0.25) is 0 Å². The summed E-state index contributed by atoms with van der Waals surface area (Å²) >= 11 is 1.72. The molecule has 0 saturated heterocycles. The molecule has 0 saturated carbocycles. The highest BCUT2D eigenvalue weighted by atomic mass is 32.2. The third kappa shape index (κ3) is 2.73.